The molecular weight excluding hydrogens is 233 g/mol. The summed E-state index contributed by atoms with van der Waals surface area (Å²) >= 11 is 1.54. The molecule has 3 heteroatoms. The van der Waals surface area contributed by atoms with Gasteiger partial charge in [-0.2, -0.15) is 0 Å². The Bertz CT molecular complexity index is 365. The summed E-state index contributed by atoms with van der Waals surface area (Å²) in [7, 11) is 0. The number of thioether (sulfide) groups is 1. The molecule has 0 bridgehead atoms. The number of rotatable bonds is 7. The van der Waals surface area contributed by atoms with Gasteiger partial charge in [-0.15, -0.1) is 11.8 Å². The van der Waals surface area contributed by atoms with Crippen LogP contribution in [0, 0.1) is 5.82 Å². The Morgan fingerprint density at radius 2 is 2.18 bits per heavy atom. The third kappa shape index (κ3) is 4.92. The molecule has 0 saturated heterocycles. The Morgan fingerprint density at radius 3 is 2.76 bits per heavy atom. The Morgan fingerprint density at radius 1 is 1.47 bits per heavy atom. The van der Waals surface area contributed by atoms with Gasteiger partial charge >= 0.3 is 0 Å². The lowest BCUT2D eigenvalue weighted by molar-refractivity contribution is 0.597. The van der Waals surface area contributed by atoms with Crippen molar-refractivity contribution in [2.75, 3.05) is 12.3 Å². The van der Waals surface area contributed by atoms with E-state index in [1.54, 1.807) is 6.07 Å². The van der Waals surface area contributed by atoms with E-state index >= 15 is 0 Å². The minimum atomic E-state index is -0.145. The van der Waals surface area contributed by atoms with Gasteiger partial charge in [0.25, 0.3) is 0 Å². The monoisotopic (exact) mass is 253 g/mol. The van der Waals surface area contributed by atoms with Crippen molar-refractivity contribution in [3.05, 3.63) is 42.2 Å². The van der Waals surface area contributed by atoms with E-state index in [1.807, 2.05) is 19.1 Å². The van der Waals surface area contributed by atoms with Crippen LogP contribution in [0.2, 0.25) is 0 Å². The first-order valence-electron chi connectivity index (χ1n) is 5.91. The number of hydrogen-bond acceptors (Lipinski definition) is 2. The van der Waals surface area contributed by atoms with Crippen LogP contribution in [0.3, 0.4) is 0 Å². The van der Waals surface area contributed by atoms with Crippen LogP contribution in [0.5, 0.6) is 0 Å². The maximum atomic E-state index is 13.4. The van der Waals surface area contributed by atoms with E-state index in [0.717, 1.165) is 24.3 Å². The number of nitrogens with one attached hydrogen (secondary N) is 1. The van der Waals surface area contributed by atoms with Crippen molar-refractivity contribution < 1.29 is 4.39 Å². The molecule has 1 nitrogen and oxygen atoms in total. The zero-order valence-electron chi connectivity index (χ0n) is 10.5. The van der Waals surface area contributed by atoms with Gasteiger partial charge in [0.2, 0.25) is 0 Å². The van der Waals surface area contributed by atoms with Crippen molar-refractivity contribution in [1.29, 1.82) is 0 Å². The van der Waals surface area contributed by atoms with Crippen LogP contribution >= 0.6 is 11.8 Å². The highest BCUT2D eigenvalue weighted by molar-refractivity contribution is 7.99. The fraction of sp³-hybridized carbons (Fsp3) is 0.429. The second kappa shape index (κ2) is 7.51. The minimum Gasteiger partial charge on any atom is -0.310 e. The van der Waals surface area contributed by atoms with E-state index in [2.05, 4.69) is 18.8 Å². The summed E-state index contributed by atoms with van der Waals surface area (Å²) in [5, 5.41) is 3.42. The molecule has 1 aromatic rings. The van der Waals surface area contributed by atoms with Gasteiger partial charge < -0.3 is 5.32 Å². The third-order valence-corrected chi connectivity index (χ3v) is 3.62. The van der Waals surface area contributed by atoms with Crippen LogP contribution < -0.4 is 5.32 Å². The van der Waals surface area contributed by atoms with Crippen molar-refractivity contribution in [3.8, 4) is 0 Å². The Balaban J connectivity index is 2.52. The topological polar surface area (TPSA) is 12.0 Å². The maximum absolute atomic E-state index is 13.4. The predicted octanol–water partition coefficient (Wildman–Crippen LogP) is 3.86. The Kier molecular flexibility index (Phi) is 6.30. The summed E-state index contributed by atoms with van der Waals surface area (Å²) in [6.45, 7) is 9.08. The predicted molar refractivity (Wildman–Crippen MR) is 74.0 cm³/mol. The fourth-order valence-corrected chi connectivity index (χ4v) is 2.56. The molecule has 1 atom stereocenters. The van der Waals surface area contributed by atoms with Crippen LogP contribution in [0.15, 0.2) is 41.3 Å². The van der Waals surface area contributed by atoms with Gasteiger partial charge in [0.1, 0.15) is 5.82 Å². The molecule has 0 aliphatic heterocycles. The highest BCUT2D eigenvalue weighted by Gasteiger charge is 2.10. The van der Waals surface area contributed by atoms with Crippen LogP contribution in [0.1, 0.15) is 20.3 Å². The fourth-order valence-electron chi connectivity index (χ4n) is 1.43. The van der Waals surface area contributed by atoms with Crippen LogP contribution in [-0.4, -0.2) is 18.3 Å². The van der Waals surface area contributed by atoms with Gasteiger partial charge in [-0.3, -0.25) is 0 Å². The SMILES string of the molecule is C=C(C)C(CSc1ccccc1F)NCCC. The lowest BCUT2D eigenvalue weighted by Gasteiger charge is -2.18. The van der Waals surface area contributed by atoms with Crippen molar-refractivity contribution >= 4 is 11.8 Å². The molecule has 1 unspecified atom stereocenters. The van der Waals surface area contributed by atoms with Gasteiger partial charge in [0.05, 0.1) is 0 Å². The summed E-state index contributed by atoms with van der Waals surface area (Å²) < 4.78 is 13.4. The Labute approximate surface area is 107 Å². The van der Waals surface area contributed by atoms with Crippen molar-refractivity contribution in [1.82, 2.24) is 5.32 Å². The zero-order valence-corrected chi connectivity index (χ0v) is 11.3. The van der Waals surface area contributed by atoms with Gasteiger partial charge in [0.15, 0.2) is 0 Å². The average Bonchev–Trinajstić information content (AvgIpc) is 2.31. The van der Waals surface area contributed by atoms with E-state index < -0.39 is 0 Å². The molecule has 17 heavy (non-hydrogen) atoms. The second-order valence-electron chi connectivity index (χ2n) is 4.09. The van der Waals surface area contributed by atoms with Crippen molar-refractivity contribution in [2.24, 2.45) is 0 Å². The van der Waals surface area contributed by atoms with E-state index in [4.69, 9.17) is 0 Å². The van der Waals surface area contributed by atoms with Gasteiger partial charge in [-0.25, -0.2) is 4.39 Å². The standard InChI is InChI=1S/C14H20FNS/c1-4-9-16-13(11(2)3)10-17-14-8-6-5-7-12(14)15/h5-8,13,16H,2,4,9-10H2,1,3H3. The summed E-state index contributed by atoms with van der Waals surface area (Å²) in [6, 6.07) is 7.14. The van der Waals surface area contributed by atoms with E-state index in [-0.39, 0.29) is 11.9 Å². The molecule has 0 aliphatic carbocycles. The van der Waals surface area contributed by atoms with Gasteiger partial charge in [0, 0.05) is 16.7 Å². The molecule has 0 heterocycles. The Hall–Kier alpha value is -0.800. The first-order valence-corrected chi connectivity index (χ1v) is 6.89. The van der Waals surface area contributed by atoms with E-state index in [1.165, 1.54) is 17.8 Å². The van der Waals surface area contributed by atoms with Crippen molar-refractivity contribution in [3.63, 3.8) is 0 Å². The van der Waals surface area contributed by atoms with Crippen molar-refractivity contribution in [2.45, 2.75) is 31.2 Å². The molecular formula is C14H20FNS. The molecule has 0 amide bonds. The largest absolute Gasteiger partial charge is 0.310 e. The summed E-state index contributed by atoms with van der Waals surface area (Å²) in [5.74, 6) is 0.671. The lowest BCUT2D eigenvalue weighted by Crippen LogP contribution is -2.32. The van der Waals surface area contributed by atoms with E-state index in [0.29, 0.717) is 4.90 Å². The van der Waals surface area contributed by atoms with Crippen LogP contribution in [-0.2, 0) is 0 Å². The molecule has 0 radical (unpaired) electrons. The highest BCUT2D eigenvalue weighted by Crippen LogP contribution is 2.23. The first-order chi connectivity index (χ1) is 8.15. The van der Waals surface area contributed by atoms with Gasteiger partial charge in [-0.05, 0) is 32.0 Å². The van der Waals surface area contributed by atoms with Crippen LogP contribution in [0.4, 0.5) is 4.39 Å². The lowest BCUT2D eigenvalue weighted by atomic mass is 10.2. The average molecular weight is 253 g/mol. The molecule has 0 aliphatic rings. The summed E-state index contributed by atoms with van der Waals surface area (Å²) in [6.07, 6.45) is 1.09. The zero-order chi connectivity index (χ0) is 12.7. The van der Waals surface area contributed by atoms with Crippen LogP contribution in [0.25, 0.3) is 0 Å². The second-order valence-corrected chi connectivity index (χ2v) is 5.16. The number of benzene rings is 1. The third-order valence-electron chi connectivity index (χ3n) is 2.48. The molecule has 0 fully saturated rings. The smallest absolute Gasteiger partial charge is 0.136 e. The summed E-state index contributed by atoms with van der Waals surface area (Å²) in [4.78, 5) is 0.706. The molecule has 0 spiro atoms. The first kappa shape index (κ1) is 14.3. The summed E-state index contributed by atoms with van der Waals surface area (Å²) in [5.41, 5.74) is 1.10. The normalized spacial score (nSPS) is 12.4. The molecule has 1 N–H and O–H groups in total. The molecule has 94 valence electrons. The minimum absolute atomic E-state index is 0.145. The van der Waals surface area contributed by atoms with E-state index in [9.17, 15) is 4.39 Å². The maximum Gasteiger partial charge on any atom is 0.136 e. The molecule has 1 aromatic carbocycles. The molecule has 0 saturated carbocycles. The quantitative estimate of drug-likeness (QED) is 0.585. The highest BCUT2D eigenvalue weighted by atomic mass is 32.2. The van der Waals surface area contributed by atoms with Gasteiger partial charge in [-0.1, -0.05) is 31.2 Å². The molecule has 0 aromatic heterocycles. The number of hydrogen-bond donors (Lipinski definition) is 1. The number of halogens is 1. The molecule has 1 rings (SSSR count).